The Bertz CT molecular complexity index is 493. The van der Waals surface area contributed by atoms with Crippen LogP contribution in [-0.4, -0.2) is 40.5 Å². The van der Waals surface area contributed by atoms with Crippen LogP contribution in [-0.2, 0) is 4.65 Å². The zero-order valence-electron chi connectivity index (χ0n) is 16.1. The highest BCUT2D eigenvalue weighted by Crippen LogP contribution is 2.44. The number of benzene rings is 1. The minimum atomic E-state index is -0.0534. The second-order valence-corrected chi connectivity index (χ2v) is 8.04. The minimum absolute atomic E-state index is 0.00945. The van der Waals surface area contributed by atoms with E-state index in [1.54, 1.807) is 0 Å². The molecule has 1 atom stereocenters. The molecule has 0 bridgehead atoms. The summed E-state index contributed by atoms with van der Waals surface area (Å²) in [5.74, 6) is 0. The Morgan fingerprint density at radius 1 is 1.00 bits per heavy atom. The lowest BCUT2D eigenvalue weighted by Gasteiger charge is -2.42. The molecule has 1 unspecified atom stereocenters. The maximum absolute atomic E-state index is 6.67. The molecule has 0 radical (unpaired) electrons. The maximum Gasteiger partial charge on any atom is 0.480 e. The first-order chi connectivity index (χ1) is 10.7. The second kappa shape index (κ2) is 6.96. The molecule has 0 N–H and O–H groups in total. The van der Waals surface area contributed by atoms with Crippen molar-refractivity contribution in [2.75, 3.05) is 0 Å². The summed E-state index contributed by atoms with van der Waals surface area (Å²) in [6, 6.07) is 11.9. The quantitative estimate of drug-likeness (QED) is 0.751. The molecule has 1 aromatic carbocycles. The normalized spacial score (nSPS) is 22.1. The fraction of sp³-hybridized carbons (Fsp3) is 0.684. The molecule has 0 spiro atoms. The fourth-order valence-electron chi connectivity index (χ4n) is 4.13. The van der Waals surface area contributed by atoms with Crippen LogP contribution < -0.4 is 0 Å². The van der Waals surface area contributed by atoms with E-state index in [0.29, 0.717) is 18.1 Å². The summed E-state index contributed by atoms with van der Waals surface area (Å²) < 4.78 is 6.67. The van der Waals surface area contributed by atoms with Gasteiger partial charge < -0.3 is 4.65 Å². The van der Waals surface area contributed by atoms with E-state index in [4.69, 9.17) is 4.65 Å². The molecule has 0 aliphatic carbocycles. The van der Waals surface area contributed by atoms with Crippen LogP contribution in [0.2, 0.25) is 0 Å². The van der Waals surface area contributed by atoms with Gasteiger partial charge in [0.05, 0.1) is 6.10 Å². The van der Waals surface area contributed by atoms with Gasteiger partial charge in [0, 0.05) is 5.54 Å². The summed E-state index contributed by atoms with van der Waals surface area (Å²) in [7, 11) is 0.00945. The van der Waals surface area contributed by atoms with Gasteiger partial charge in [0.25, 0.3) is 0 Å². The van der Waals surface area contributed by atoms with Crippen molar-refractivity contribution in [2.45, 2.75) is 85.2 Å². The Morgan fingerprint density at radius 2 is 1.52 bits per heavy atom. The van der Waals surface area contributed by atoms with Crippen molar-refractivity contribution in [3.05, 3.63) is 35.9 Å². The number of hydrogen-bond donors (Lipinski definition) is 0. The topological polar surface area (TPSA) is 15.7 Å². The van der Waals surface area contributed by atoms with Gasteiger partial charge >= 0.3 is 7.19 Å². The third kappa shape index (κ3) is 3.49. The molecule has 0 aromatic heterocycles. The van der Waals surface area contributed by atoms with Crippen molar-refractivity contribution in [1.82, 2.24) is 9.62 Å². The average molecular weight is 316 g/mol. The van der Waals surface area contributed by atoms with Gasteiger partial charge in [-0.2, -0.15) is 0 Å². The summed E-state index contributed by atoms with van der Waals surface area (Å²) in [5, 5.41) is 0. The molecule has 2 rings (SSSR count). The van der Waals surface area contributed by atoms with Gasteiger partial charge in [-0.3, -0.25) is 9.62 Å². The van der Waals surface area contributed by atoms with Crippen LogP contribution in [0.25, 0.3) is 0 Å². The van der Waals surface area contributed by atoms with E-state index in [0.717, 1.165) is 0 Å². The molecule has 1 aromatic rings. The van der Waals surface area contributed by atoms with Crippen LogP contribution in [0.3, 0.4) is 0 Å². The monoisotopic (exact) mass is 316 g/mol. The largest absolute Gasteiger partial charge is 0.480 e. The predicted octanol–water partition coefficient (Wildman–Crippen LogP) is 4.35. The predicted molar refractivity (Wildman–Crippen MR) is 99.2 cm³/mol. The van der Waals surface area contributed by atoms with Crippen molar-refractivity contribution < 1.29 is 4.65 Å². The fourth-order valence-corrected chi connectivity index (χ4v) is 4.13. The summed E-state index contributed by atoms with van der Waals surface area (Å²) in [6.45, 7) is 18.2. The Kier molecular flexibility index (Phi) is 5.60. The van der Waals surface area contributed by atoms with Gasteiger partial charge in [0.2, 0.25) is 0 Å². The molecule has 0 amide bonds. The highest BCUT2D eigenvalue weighted by molar-refractivity contribution is 6.47. The van der Waals surface area contributed by atoms with Gasteiger partial charge in [-0.05, 0) is 37.5 Å². The minimum Gasteiger partial charge on any atom is -0.399 e. The highest BCUT2D eigenvalue weighted by Gasteiger charge is 2.55. The first-order valence-electron chi connectivity index (χ1n) is 8.94. The van der Waals surface area contributed by atoms with Crippen molar-refractivity contribution in [3.63, 3.8) is 0 Å². The summed E-state index contributed by atoms with van der Waals surface area (Å²) in [5.41, 5.74) is 1.21. The van der Waals surface area contributed by atoms with Crippen molar-refractivity contribution in [1.29, 1.82) is 0 Å². The molecule has 128 valence electrons. The molecule has 3 nitrogen and oxygen atoms in total. The molecule has 1 saturated heterocycles. The van der Waals surface area contributed by atoms with E-state index in [2.05, 4.69) is 95.3 Å². The number of hydrogen-bond acceptors (Lipinski definition) is 3. The summed E-state index contributed by atoms with van der Waals surface area (Å²) in [6.07, 6.45) is 0.0797. The average Bonchev–Trinajstić information content (AvgIpc) is 2.70. The number of nitrogens with zero attached hydrogens (tertiary/aromatic N) is 2. The van der Waals surface area contributed by atoms with Crippen LogP contribution in [0.4, 0.5) is 0 Å². The van der Waals surface area contributed by atoms with E-state index in [1.807, 2.05) is 0 Å². The molecule has 1 heterocycles. The van der Waals surface area contributed by atoms with Crippen LogP contribution >= 0.6 is 0 Å². The van der Waals surface area contributed by atoms with Gasteiger partial charge in [0.1, 0.15) is 0 Å². The van der Waals surface area contributed by atoms with Crippen molar-refractivity contribution in [2.24, 2.45) is 0 Å². The highest BCUT2D eigenvalue weighted by atomic mass is 16.5. The van der Waals surface area contributed by atoms with Crippen LogP contribution in [0.1, 0.15) is 67.1 Å². The van der Waals surface area contributed by atoms with Crippen LogP contribution in [0, 0.1) is 0 Å². The number of rotatable bonds is 5. The van der Waals surface area contributed by atoms with Crippen molar-refractivity contribution >= 4 is 7.19 Å². The Morgan fingerprint density at radius 3 is 1.96 bits per heavy atom. The Labute approximate surface area is 143 Å². The van der Waals surface area contributed by atoms with E-state index in [9.17, 15) is 0 Å². The lowest BCUT2D eigenvalue weighted by molar-refractivity contribution is 0.116. The summed E-state index contributed by atoms with van der Waals surface area (Å²) in [4.78, 5) is 5.01. The third-order valence-corrected chi connectivity index (χ3v) is 4.91. The molecular weight excluding hydrogens is 283 g/mol. The molecule has 1 aliphatic heterocycles. The molecular formula is C19H33BN2O. The van der Waals surface area contributed by atoms with Crippen molar-refractivity contribution in [3.8, 4) is 0 Å². The van der Waals surface area contributed by atoms with Gasteiger partial charge in [0.15, 0.2) is 0 Å². The smallest absolute Gasteiger partial charge is 0.399 e. The molecule has 23 heavy (non-hydrogen) atoms. The van der Waals surface area contributed by atoms with E-state index in [1.165, 1.54) is 5.56 Å². The molecule has 1 fully saturated rings. The standard InChI is InChI=1S/C19H33BN2O/c1-14(2)21(15(3)4)20-22(16(5)6)19(7,8)18(23-20)17-12-10-9-11-13-17/h9-16,18H,1-8H3. The van der Waals surface area contributed by atoms with Gasteiger partial charge in [-0.15, -0.1) is 0 Å². The van der Waals surface area contributed by atoms with Gasteiger partial charge in [-0.25, -0.2) is 0 Å². The summed E-state index contributed by atoms with van der Waals surface area (Å²) >= 11 is 0. The maximum atomic E-state index is 6.67. The molecule has 0 saturated carbocycles. The lowest BCUT2D eigenvalue weighted by Crippen LogP contribution is -2.61. The second-order valence-electron chi connectivity index (χ2n) is 8.04. The zero-order valence-corrected chi connectivity index (χ0v) is 16.1. The SMILES string of the molecule is CC(C)N(B1OC(c2ccccc2)C(C)(C)N1C(C)C)C(C)C. The lowest BCUT2D eigenvalue weighted by atomic mass is 9.82. The Hall–Kier alpha value is -0.835. The molecule has 4 heteroatoms. The third-order valence-electron chi connectivity index (χ3n) is 4.91. The van der Waals surface area contributed by atoms with Gasteiger partial charge in [-0.1, -0.05) is 71.9 Å². The van der Waals surface area contributed by atoms with Crippen LogP contribution in [0.5, 0.6) is 0 Å². The van der Waals surface area contributed by atoms with E-state index < -0.39 is 0 Å². The Balaban J connectivity index is 2.44. The van der Waals surface area contributed by atoms with E-state index in [-0.39, 0.29) is 18.8 Å². The first kappa shape index (κ1) is 18.5. The molecule has 1 aliphatic rings. The zero-order chi connectivity index (χ0) is 17.4. The first-order valence-corrected chi connectivity index (χ1v) is 8.94. The van der Waals surface area contributed by atoms with E-state index >= 15 is 0 Å². The van der Waals surface area contributed by atoms with Crippen LogP contribution in [0.15, 0.2) is 30.3 Å².